The number of benzene rings is 2. The van der Waals surface area contributed by atoms with Crippen molar-refractivity contribution in [2.24, 2.45) is 0 Å². The molecule has 1 aliphatic heterocycles. The smallest absolute Gasteiger partial charge is 0.222 e. The van der Waals surface area contributed by atoms with E-state index in [1.54, 1.807) is 11.1 Å². The van der Waals surface area contributed by atoms with E-state index in [-0.39, 0.29) is 5.91 Å². The molecule has 1 aromatic heterocycles. The van der Waals surface area contributed by atoms with E-state index in [0.717, 1.165) is 27.5 Å². The average molecular weight is 376 g/mol. The van der Waals surface area contributed by atoms with Crippen LogP contribution < -0.4 is 0 Å². The van der Waals surface area contributed by atoms with Gasteiger partial charge in [0.25, 0.3) is 0 Å². The number of carbonyl (C=O) groups is 1. The highest BCUT2D eigenvalue weighted by Crippen LogP contribution is 2.32. The zero-order valence-electron chi connectivity index (χ0n) is 16.2. The van der Waals surface area contributed by atoms with Crippen LogP contribution in [0.5, 0.6) is 0 Å². The topological polar surface area (TPSA) is 33.2 Å². The molecule has 1 amide bonds. The molecule has 4 heteroatoms. The minimum Gasteiger partial charge on any atom is -0.342 e. The Hall–Kier alpha value is -2.75. The van der Waals surface area contributed by atoms with Gasteiger partial charge in [0.2, 0.25) is 5.91 Å². The second-order valence-electron chi connectivity index (χ2n) is 7.70. The van der Waals surface area contributed by atoms with Gasteiger partial charge in [0.15, 0.2) is 0 Å². The predicted molar refractivity (Wildman–Crippen MR) is 111 cm³/mol. The molecule has 0 saturated carbocycles. The number of amides is 1. The molecule has 0 bridgehead atoms. The third-order valence-electron chi connectivity index (χ3n) is 5.76. The van der Waals surface area contributed by atoms with Crippen molar-refractivity contribution < 1.29 is 9.18 Å². The lowest BCUT2D eigenvalue weighted by Gasteiger charge is -2.36. The summed E-state index contributed by atoms with van der Waals surface area (Å²) < 4.78 is 15.3. The molecule has 0 radical (unpaired) electrons. The summed E-state index contributed by atoms with van der Waals surface area (Å²) in [6, 6.07) is 16.5. The first kappa shape index (κ1) is 18.6. The Kier molecular flexibility index (Phi) is 5.12. The third kappa shape index (κ3) is 3.91. The van der Waals surface area contributed by atoms with Crippen molar-refractivity contribution in [3.05, 3.63) is 66.5 Å². The van der Waals surface area contributed by atoms with E-state index < -0.39 is 5.67 Å². The minimum atomic E-state index is -1.22. The number of alkyl halides is 1. The van der Waals surface area contributed by atoms with E-state index in [0.29, 0.717) is 38.8 Å². The van der Waals surface area contributed by atoms with Crippen LogP contribution >= 0.6 is 0 Å². The number of halogens is 1. The van der Waals surface area contributed by atoms with E-state index in [1.165, 1.54) is 0 Å². The number of nitrogens with zero attached hydrogens (tertiary/aromatic N) is 2. The number of carbonyl (C=O) groups excluding carboxylic acids is 1. The maximum absolute atomic E-state index is 15.3. The maximum Gasteiger partial charge on any atom is 0.222 e. The lowest BCUT2D eigenvalue weighted by atomic mass is 9.86. The summed E-state index contributed by atoms with van der Waals surface area (Å²) in [7, 11) is 0. The van der Waals surface area contributed by atoms with Crippen molar-refractivity contribution in [3.8, 4) is 11.1 Å². The van der Waals surface area contributed by atoms with Gasteiger partial charge in [0, 0.05) is 43.7 Å². The molecule has 0 N–H and O–H groups in total. The van der Waals surface area contributed by atoms with Crippen molar-refractivity contribution in [1.29, 1.82) is 0 Å². The summed E-state index contributed by atoms with van der Waals surface area (Å²) in [6.07, 6.45) is 5.40. The van der Waals surface area contributed by atoms with Crippen LogP contribution in [0.4, 0.5) is 4.39 Å². The summed E-state index contributed by atoms with van der Waals surface area (Å²) in [5, 5.41) is 2.28. The summed E-state index contributed by atoms with van der Waals surface area (Å²) in [6.45, 7) is 2.90. The quantitative estimate of drug-likeness (QED) is 0.628. The Morgan fingerprint density at radius 3 is 2.46 bits per heavy atom. The van der Waals surface area contributed by atoms with E-state index in [9.17, 15) is 4.79 Å². The highest BCUT2D eigenvalue weighted by Gasteiger charge is 2.35. The summed E-state index contributed by atoms with van der Waals surface area (Å²) in [5.41, 5.74) is 2.05. The Labute approximate surface area is 165 Å². The molecule has 144 valence electrons. The number of fused-ring (bicyclic) bond motifs is 1. The molecule has 2 heterocycles. The second kappa shape index (κ2) is 7.70. The van der Waals surface area contributed by atoms with Gasteiger partial charge in [-0.2, -0.15) is 0 Å². The number of likely N-dealkylation sites (tertiary alicyclic amines) is 1. The summed E-state index contributed by atoms with van der Waals surface area (Å²) in [4.78, 5) is 17.7. The fraction of sp³-hybridized carbons (Fsp3) is 0.333. The van der Waals surface area contributed by atoms with Crippen LogP contribution in [-0.4, -0.2) is 34.5 Å². The number of hydrogen-bond acceptors (Lipinski definition) is 2. The van der Waals surface area contributed by atoms with Crippen molar-refractivity contribution in [2.75, 3.05) is 13.1 Å². The van der Waals surface area contributed by atoms with Crippen molar-refractivity contribution >= 4 is 16.7 Å². The van der Waals surface area contributed by atoms with E-state index in [2.05, 4.69) is 35.3 Å². The highest BCUT2D eigenvalue weighted by molar-refractivity contribution is 5.86. The molecule has 0 aliphatic carbocycles. The van der Waals surface area contributed by atoms with Crippen LogP contribution in [0.1, 0.15) is 31.7 Å². The molecule has 2 aromatic carbocycles. The minimum absolute atomic E-state index is 0.123. The number of pyridine rings is 1. The Balaban J connectivity index is 1.45. The van der Waals surface area contributed by atoms with E-state index in [1.807, 2.05) is 31.3 Å². The number of rotatable bonds is 4. The highest BCUT2D eigenvalue weighted by atomic mass is 19.1. The Bertz CT molecular complexity index is 975. The van der Waals surface area contributed by atoms with Gasteiger partial charge < -0.3 is 4.90 Å². The first-order valence-electron chi connectivity index (χ1n) is 9.96. The zero-order valence-corrected chi connectivity index (χ0v) is 16.2. The normalized spacial score (nSPS) is 16.3. The molecule has 3 nitrogen and oxygen atoms in total. The van der Waals surface area contributed by atoms with Gasteiger partial charge in [-0.1, -0.05) is 43.3 Å². The first-order chi connectivity index (χ1) is 13.6. The van der Waals surface area contributed by atoms with Crippen molar-refractivity contribution in [2.45, 2.75) is 38.3 Å². The van der Waals surface area contributed by atoms with Gasteiger partial charge in [-0.15, -0.1) is 0 Å². The summed E-state index contributed by atoms with van der Waals surface area (Å²) in [5.74, 6) is 0.123. The molecule has 1 fully saturated rings. The lowest BCUT2D eigenvalue weighted by molar-refractivity contribution is -0.133. The summed E-state index contributed by atoms with van der Waals surface area (Å²) >= 11 is 0. The lowest BCUT2D eigenvalue weighted by Crippen LogP contribution is -2.45. The molecular formula is C24H25FN2O. The van der Waals surface area contributed by atoms with Crippen LogP contribution in [0, 0.1) is 0 Å². The molecule has 1 aliphatic rings. The van der Waals surface area contributed by atoms with Gasteiger partial charge in [-0.3, -0.25) is 9.78 Å². The average Bonchev–Trinajstić information content (AvgIpc) is 2.74. The molecule has 0 spiro atoms. The van der Waals surface area contributed by atoms with Gasteiger partial charge in [-0.05, 0) is 47.1 Å². The van der Waals surface area contributed by atoms with Gasteiger partial charge in [0.1, 0.15) is 5.67 Å². The molecule has 4 rings (SSSR count). The van der Waals surface area contributed by atoms with Crippen molar-refractivity contribution in [3.63, 3.8) is 0 Å². The molecule has 28 heavy (non-hydrogen) atoms. The maximum atomic E-state index is 15.3. The first-order valence-corrected chi connectivity index (χ1v) is 9.96. The van der Waals surface area contributed by atoms with Crippen LogP contribution in [0.2, 0.25) is 0 Å². The fourth-order valence-corrected chi connectivity index (χ4v) is 4.00. The van der Waals surface area contributed by atoms with Gasteiger partial charge in [0.05, 0.1) is 0 Å². The molecule has 0 unspecified atom stereocenters. The molecule has 3 aromatic rings. The standard InChI is InChI=1S/C24H25FN2O/c1-2-23(28)27-13-10-24(25,11-14-27)16-18-3-5-19(6-4-18)20-7-8-22-17-26-12-9-21(22)15-20/h3-9,12,15,17H,2,10-11,13-14,16H2,1H3. The number of piperidine rings is 1. The van der Waals surface area contributed by atoms with Crippen LogP contribution in [0.15, 0.2) is 60.9 Å². The Morgan fingerprint density at radius 1 is 1.04 bits per heavy atom. The Morgan fingerprint density at radius 2 is 1.75 bits per heavy atom. The van der Waals surface area contributed by atoms with Gasteiger partial charge in [-0.25, -0.2) is 4.39 Å². The number of aromatic nitrogens is 1. The van der Waals surface area contributed by atoms with E-state index >= 15 is 4.39 Å². The van der Waals surface area contributed by atoms with Crippen LogP contribution in [0.25, 0.3) is 21.9 Å². The van der Waals surface area contributed by atoms with E-state index in [4.69, 9.17) is 0 Å². The zero-order chi connectivity index (χ0) is 19.6. The fourth-order valence-electron chi connectivity index (χ4n) is 4.00. The molecule has 1 saturated heterocycles. The number of hydrogen-bond donors (Lipinski definition) is 0. The molecular weight excluding hydrogens is 351 g/mol. The van der Waals surface area contributed by atoms with Gasteiger partial charge >= 0.3 is 0 Å². The molecule has 0 atom stereocenters. The van der Waals surface area contributed by atoms with Crippen molar-refractivity contribution in [1.82, 2.24) is 9.88 Å². The second-order valence-corrected chi connectivity index (χ2v) is 7.70. The SMILES string of the molecule is CCC(=O)N1CCC(F)(Cc2ccc(-c3ccc4cnccc4c3)cc2)CC1. The largest absolute Gasteiger partial charge is 0.342 e. The monoisotopic (exact) mass is 376 g/mol. The predicted octanol–water partition coefficient (Wildman–Crippen LogP) is 5.19. The third-order valence-corrected chi connectivity index (χ3v) is 5.76. The van der Waals surface area contributed by atoms with Crippen LogP contribution in [0.3, 0.4) is 0 Å². The van der Waals surface area contributed by atoms with Crippen LogP contribution in [-0.2, 0) is 11.2 Å².